The van der Waals surface area contributed by atoms with E-state index in [1.54, 1.807) is 7.11 Å². The van der Waals surface area contributed by atoms with Gasteiger partial charge in [0.25, 0.3) is 0 Å². The molecular formula is C20H34N2O4. The molecule has 0 aromatic carbocycles. The van der Waals surface area contributed by atoms with Gasteiger partial charge < -0.3 is 14.0 Å². The van der Waals surface area contributed by atoms with Gasteiger partial charge in [0.1, 0.15) is 5.76 Å². The van der Waals surface area contributed by atoms with Crippen molar-refractivity contribution in [2.75, 3.05) is 40.5 Å². The molecule has 0 unspecified atom stereocenters. The minimum Gasteiger partial charge on any atom is -0.384 e. The molecule has 0 atom stereocenters. The minimum absolute atomic E-state index is 0.138. The third-order valence-electron chi connectivity index (χ3n) is 5.60. The van der Waals surface area contributed by atoms with E-state index in [2.05, 4.69) is 10.1 Å². The van der Waals surface area contributed by atoms with E-state index in [1.807, 2.05) is 40.8 Å². The van der Waals surface area contributed by atoms with Crippen LogP contribution in [0.3, 0.4) is 0 Å². The molecule has 1 aliphatic rings. The van der Waals surface area contributed by atoms with Gasteiger partial charge in [0.05, 0.1) is 24.3 Å². The Morgan fingerprint density at radius 2 is 1.96 bits per heavy atom. The second-order valence-electron chi connectivity index (χ2n) is 8.59. The monoisotopic (exact) mass is 366 g/mol. The standard InChI is InChI=1S/C20H34N2O4/c1-19(2,14-24-6)17-11-16(26-21-17)12-18(23)20(3,4)22(5)13-15-7-9-25-10-8-15/h11,15H,7-10,12-14H2,1-6H3. The second kappa shape index (κ2) is 8.63. The van der Waals surface area contributed by atoms with E-state index in [-0.39, 0.29) is 17.6 Å². The summed E-state index contributed by atoms with van der Waals surface area (Å²) in [5, 5.41) is 4.15. The van der Waals surface area contributed by atoms with E-state index in [0.29, 0.717) is 18.3 Å². The van der Waals surface area contributed by atoms with Crippen molar-refractivity contribution < 1.29 is 18.8 Å². The van der Waals surface area contributed by atoms with Crippen LogP contribution in [-0.2, 0) is 26.1 Å². The summed E-state index contributed by atoms with van der Waals surface area (Å²) in [5.74, 6) is 1.34. The maximum absolute atomic E-state index is 12.9. The summed E-state index contributed by atoms with van der Waals surface area (Å²) < 4.78 is 16.1. The lowest BCUT2D eigenvalue weighted by molar-refractivity contribution is -0.128. The third-order valence-corrected chi connectivity index (χ3v) is 5.60. The average Bonchev–Trinajstić information content (AvgIpc) is 3.05. The molecule has 6 nitrogen and oxygen atoms in total. The second-order valence-corrected chi connectivity index (χ2v) is 8.59. The number of methoxy groups -OCH3 is 1. The van der Waals surface area contributed by atoms with Crippen LogP contribution in [0.1, 0.15) is 52.0 Å². The molecule has 2 heterocycles. The molecule has 1 aromatic heterocycles. The van der Waals surface area contributed by atoms with Crippen LogP contribution in [0.15, 0.2) is 10.6 Å². The van der Waals surface area contributed by atoms with Gasteiger partial charge in [0.15, 0.2) is 5.78 Å². The van der Waals surface area contributed by atoms with Crippen LogP contribution >= 0.6 is 0 Å². The number of ether oxygens (including phenoxy) is 2. The van der Waals surface area contributed by atoms with Crippen molar-refractivity contribution in [3.05, 3.63) is 17.5 Å². The Hall–Kier alpha value is -1.24. The maximum atomic E-state index is 12.9. The molecule has 0 aliphatic carbocycles. The number of ketones is 1. The van der Waals surface area contributed by atoms with E-state index in [9.17, 15) is 4.79 Å². The molecule has 6 heteroatoms. The van der Waals surface area contributed by atoms with E-state index < -0.39 is 5.54 Å². The molecule has 1 aromatic rings. The summed E-state index contributed by atoms with van der Waals surface area (Å²) in [6.07, 6.45) is 2.38. The highest BCUT2D eigenvalue weighted by molar-refractivity contribution is 5.89. The Morgan fingerprint density at radius 3 is 2.58 bits per heavy atom. The zero-order valence-electron chi connectivity index (χ0n) is 17.1. The highest BCUT2D eigenvalue weighted by Crippen LogP contribution is 2.25. The fourth-order valence-electron chi connectivity index (χ4n) is 3.28. The van der Waals surface area contributed by atoms with Crippen molar-refractivity contribution in [3.8, 4) is 0 Å². The van der Waals surface area contributed by atoms with Gasteiger partial charge in [-0.25, -0.2) is 0 Å². The predicted octanol–water partition coefficient (Wildman–Crippen LogP) is 2.85. The summed E-state index contributed by atoms with van der Waals surface area (Å²) in [6, 6.07) is 1.88. The lowest BCUT2D eigenvalue weighted by atomic mass is 9.89. The zero-order valence-corrected chi connectivity index (χ0v) is 17.1. The molecule has 0 bridgehead atoms. The molecule has 0 amide bonds. The molecule has 148 valence electrons. The third kappa shape index (κ3) is 5.15. The number of Topliss-reactive ketones (excluding diaryl/α,β-unsaturated/α-hetero) is 1. The topological polar surface area (TPSA) is 64.8 Å². The van der Waals surface area contributed by atoms with Gasteiger partial charge in [0, 0.05) is 38.3 Å². The first-order valence-corrected chi connectivity index (χ1v) is 9.44. The Bertz CT molecular complexity index is 588. The van der Waals surface area contributed by atoms with Gasteiger partial charge >= 0.3 is 0 Å². The van der Waals surface area contributed by atoms with Crippen LogP contribution in [-0.4, -0.2) is 61.9 Å². The molecule has 1 aliphatic heterocycles. The van der Waals surface area contributed by atoms with E-state index in [0.717, 1.165) is 38.3 Å². The van der Waals surface area contributed by atoms with Gasteiger partial charge in [0.2, 0.25) is 0 Å². The van der Waals surface area contributed by atoms with Crippen LogP contribution in [0.4, 0.5) is 0 Å². The van der Waals surface area contributed by atoms with Gasteiger partial charge in [-0.15, -0.1) is 0 Å². The van der Waals surface area contributed by atoms with E-state index >= 15 is 0 Å². The highest BCUT2D eigenvalue weighted by atomic mass is 16.5. The average molecular weight is 367 g/mol. The quantitative estimate of drug-likeness (QED) is 0.670. The first-order valence-electron chi connectivity index (χ1n) is 9.44. The Balaban J connectivity index is 1.97. The zero-order chi connectivity index (χ0) is 19.4. The van der Waals surface area contributed by atoms with Crippen LogP contribution < -0.4 is 0 Å². The smallest absolute Gasteiger partial charge is 0.160 e. The number of nitrogens with zero attached hydrogens (tertiary/aromatic N) is 2. The first-order chi connectivity index (χ1) is 12.2. The number of hydrogen-bond donors (Lipinski definition) is 0. The lowest BCUT2D eigenvalue weighted by Gasteiger charge is -2.37. The number of likely N-dealkylation sites (N-methyl/N-ethyl adjacent to an activating group) is 1. The van der Waals surface area contributed by atoms with E-state index in [4.69, 9.17) is 14.0 Å². The van der Waals surface area contributed by atoms with Gasteiger partial charge in [-0.1, -0.05) is 19.0 Å². The molecule has 0 radical (unpaired) electrons. The van der Waals surface area contributed by atoms with Gasteiger partial charge in [-0.2, -0.15) is 0 Å². The lowest BCUT2D eigenvalue weighted by Crippen LogP contribution is -2.50. The highest BCUT2D eigenvalue weighted by Gasteiger charge is 2.34. The van der Waals surface area contributed by atoms with Crippen molar-refractivity contribution in [3.63, 3.8) is 0 Å². The molecule has 26 heavy (non-hydrogen) atoms. The maximum Gasteiger partial charge on any atom is 0.160 e. The number of aromatic nitrogens is 1. The summed E-state index contributed by atoms with van der Waals surface area (Å²) in [6.45, 7) is 11.2. The van der Waals surface area contributed by atoms with Crippen molar-refractivity contribution in [1.82, 2.24) is 10.1 Å². The summed E-state index contributed by atoms with van der Waals surface area (Å²) in [4.78, 5) is 15.1. The van der Waals surface area contributed by atoms with Gasteiger partial charge in [-0.3, -0.25) is 9.69 Å². The van der Waals surface area contributed by atoms with Crippen molar-refractivity contribution in [2.24, 2.45) is 5.92 Å². The minimum atomic E-state index is -0.548. The SMILES string of the molecule is COCC(C)(C)c1cc(CC(=O)C(C)(C)N(C)CC2CCOCC2)on1. The Labute approximate surface area is 157 Å². The number of hydrogen-bond acceptors (Lipinski definition) is 6. The normalized spacial score (nSPS) is 17.0. The number of carbonyl (C=O) groups excluding carboxylic acids is 1. The predicted molar refractivity (Wildman–Crippen MR) is 100 cm³/mol. The molecule has 2 rings (SSSR count). The molecule has 0 saturated carbocycles. The van der Waals surface area contributed by atoms with Crippen molar-refractivity contribution >= 4 is 5.78 Å². The van der Waals surface area contributed by atoms with Crippen LogP contribution in [0.2, 0.25) is 0 Å². The van der Waals surface area contributed by atoms with E-state index in [1.165, 1.54) is 0 Å². The Morgan fingerprint density at radius 1 is 1.31 bits per heavy atom. The number of carbonyl (C=O) groups is 1. The molecule has 1 saturated heterocycles. The summed E-state index contributed by atoms with van der Waals surface area (Å²) in [5.41, 5.74) is 0.0258. The Kier molecular flexibility index (Phi) is 6.99. The fraction of sp³-hybridized carbons (Fsp3) is 0.800. The molecular weight excluding hydrogens is 332 g/mol. The largest absolute Gasteiger partial charge is 0.384 e. The summed E-state index contributed by atoms with van der Waals surface area (Å²) in [7, 11) is 3.70. The molecule has 1 fully saturated rings. The van der Waals surface area contributed by atoms with Crippen LogP contribution in [0, 0.1) is 5.92 Å². The molecule has 0 spiro atoms. The first kappa shape index (κ1) is 21.1. The number of rotatable bonds is 9. The van der Waals surface area contributed by atoms with Crippen molar-refractivity contribution in [1.29, 1.82) is 0 Å². The van der Waals surface area contributed by atoms with Crippen LogP contribution in [0.5, 0.6) is 0 Å². The van der Waals surface area contributed by atoms with Gasteiger partial charge in [-0.05, 0) is 39.7 Å². The fourth-order valence-corrected chi connectivity index (χ4v) is 3.28. The van der Waals surface area contributed by atoms with Crippen LogP contribution in [0.25, 0.3) is 0 Å². The molecule has 0 N–H and O–H groups in total. The summed E-state index contributed by atoms with van der Waals surface area (Å²) >= 11 is 0. The van der Waals surface area contributed by atoms with Crippen molar-refractivity contribution in [2.45, 2.75) is 57.9 Å².